The van der Waals surface area contributed by atoms with Crippen molar-refractivity contribution in [1.82, 2.24) is 19.4 Å². The molecule has 2 aromatic heterocycles. The maximum absolute atomic E-state index is 14.1. The number of halogens is 1. The number of rotatable bonds is 7. The molecule has 7 nitrogen and oxygen atoms in total. The minimum absolute atomic E-state index is 0.0123. The number of aromatic nitrogens is 2. The summed E-state index contributed by atoms with van der Waals surface area (Å²) in [4.78, 5) is 31.7. The molecular weight excluding hydrogens is 493 g/mol. The minimum Gasteiger partial charge on any atom is -0.367 e. The zero-order valence-electron chi connectivity index (χ0n) is 22.5. The summed E-state index contributed by atoms with van der Waals surface area (Å²) in [5.74, 6) is -0.305. The molecule has 2 aliphatic rings. The first kappa shape index (κ1) is 25.6. The van der Waals surface area contributed by atoms with Crippen LogP contribution in [0.15, 0.2) is 59.5 Å². The van der Waals surface area contributed by atoms with Crippen LogP contribution in [0.5, 0.6) is 0 Å². The Morgan fingerprint density at radius 1 is 1.00 bits per heavy atom. The summed E-state index contributed by atoms with van der Waals surface area (Å²) < 4.78 is 17.9. The van der Waals surface area contributed by atoms with E-state index in [4.69, 9.17) is 0 Å². The molecule has 2 aromatic carbocycles. The zero-order chi connectivity index (χ0) is 26.9. The SMILES string of the molecule is Cn1c2ccccc2c2c(C(=O)NCCCN3CCN(c4ccccc4F)CC3)cn(C3CCCC3)c(=O)c21. The van der Waals surface area contributed by atoms with Gasteiger partial charge in [-0.05, 0) is 44.0 Å². The highest BCUT2D eigenvalue weighted by molar-refractivity contribution is 6.17. The highest BCUT2D eigenvalue weighted by Gasteiger charge is 2.25. The average Bonchev–Trinajstić information content (AvgIpc) is 3.60. The van der Waals surface area contributed by atoms with Gasteiger partial charge in [-0.1, -0.05) is 43.2 Å². The number of hydrogen-bond acceptors (Lipinski definition) is 4. The van der Waals surface area contributed by atoms with Crippen molar-refractivity contribution in [3.63, 3.8) is 0 Å². The van der Waals surface area contributed by atoms with Gasteiger partial charge in [0.05, 0.1) is 11.3 Å². The number of nitrogens with zero attached hydrogens (tertiary/aromatic N) is 4. The third kappa shape index (κ3) is 4.82. The van der Waals surface area contributed by atoms with E-state index in [-0.39, 0.29) is 23.3 Å². The van der Waals surface area contributed by atoms with Crippen LogP contribution in [0, 0.1) is 5.82 Å². The molecule has 39 heavy (non-hydrogen) atoms. The van der Waals surface area contributed by atoms with E-state index in [9.17, 15) is 14.0 Å². The summed E-state index contributed by atoms with van der Waals surface area (Å²) in [6.45, 7) is 4.73. The maximum Gasteiger partial charge on any atom is 0.275 e. The monoisotopic (exact) mass is 529 g/mol. The second-order valence-corrected chi connectivity index (χ2v) is 10.9. The van der Waals surface area contributed by atoms with Gasteiger partial charge in [0.1, 0.15) is 11.3 Å². The van der Waals surface area contributed by atoms with Gasteiger partial charge in [-0.3, -0.25) is 14.5 Å². The second kappa shape index (κ2) is 10.8. The van der Waals surface area contributed by atoms with Gasteiger partial charge in [0.2, 0.25) is 0 Å². The van der Waals surface area contributed by atoms with Crippen LogP contribution in [0.2, 0.25) is 0 Å². The molecule has 0 atom stereocenters. The van der Waals surface area contributed by atoms with Gasteiger partial charge < -0.3 is 19.4 Å². The van der Waals surface area contributed by atoms with Crippen LogP contribution in [-0.2, 0) is 7.05 Å². The normalized spacial score (nSPS) is 16.9. The van der Waals surface area contributed by atoms with Gasteiger partial charge in [-0.2, -0.15) is 0 Å². The van der Waals surface area contributed by atoms with Gasteiger partial charge in [-0.15, -0.1) is 0 Å². The van der Waals surface area contributed by atoms with Gasteiger partial charge in [0, 0.05) is 68.3 Å². The Morgan fingerprint density at radius 2 is 1.72 bits per heavy atom. The maximum atomic E-state index is 14.1. The molecule has 1 saturated heterocycles. The van der Waals surface area contributed by atoms with E-state index in [2.05, 4.69) is 15.1 Å². The van der Waals surface area contributed by atoms with Crippen molar-refractivity contribution in [2.24, 2.45) is 7.05 Å². The Labute approximate surface area is 227 Å². The number of nitrogens with one attached hydrogen (secondary N) is 1. The molecule has 0 spiro atoms. The van der Waals surface area contributed by atoms with Crippen molar-refractivity contribution < 1.29 is 9.18 Å². The van der Waals surface area contributed by atoms with E-state index in [0.29, 0.717) is 23.3 Å². The van der Waals surface area contributed by atoms with Crippen molar-refractivity contribution >= 4 is 33.4 Å². The number of para-hydroxylation sites is 2. The molecule has 0 bridgehead atoms. The lowest BCUT2D eigenvalue weighted by molar-refractivity contribution is 0.0952. The van der Waals surface area contributed by atoms with Crippen LogP contribution < -0.4 is 15.8 Å². The molecule has 4 aromatic rings. The summed E-state index contributed by atoms with van der Waals surface area (Å²) in [6, 6.07) is 15.0. The van der Waals surface area contributed by atoms with Crippen LogP contribution >= 0.6 is 0 Å². The van der Waals surface area contributed by atoms with Crippen LogP contribution in [0.25, 0.3) is 21.8 Å². The topological polar surface area (TPSA) is 62.5 Å². The van der Waals surface area contributed by atoms with E-state index in [0.717, 1.165) is 81.1 Å². The van der Waals surface area contributed by atoms with E-state index in [1.54, 1.807) is 6.07 Å². The minimum atomic E-state index is -0.173. The first-order chi connectivity index (χ1) is 19.0. The van der Waals surface area contributed by atoms with Crippen molar-refractivity contribution in [3.05, 3.63) is 76.5 Å². The van der Waals surface area contributed by atoms with Gasteiger partial charge in [0.25, 0.3) is 11.5 Å². The summed E-state index contributed by atoms with van der Waals surface area (Å²) in [5, 5.41) is 4.81. The molecule has 204 valence electrons. The molecular formula is C31H36FN5O2. The number of carbonyl (C=O) groups is 1. The summed E-state index contributed by atoms with van der Waals surface area (Å²) in [7, 11) is 1.92. The lowest BCUT2D eigenvalue weighted by Crippen LogP contribution is -2.47. The molecule has 1 aliphatic heterocycles. The van der Waals surface area contributed by atoms with Crippen LogP contribution in [0.3, 0.4) is 0 Å². The van der Waals surface area contributed by atoms with Gasteiger partial charge in [0.15, 0.2) is 0 Å². The molecule has 0 unspecified atom stereocenters. The third-order valence-corrected chi connectivity index (χ3v) is 8.55. The Morgan fingerprint density at radius 3 is 2.49 bits per heavy atom. The number of anilines is 1. The largest absolute Gasteiger partial charge is 0.367 e. The fourth-order valence-electron chi connectivity index (χ4n) is 6.45. The van der Waals surface area contributed by atoms with Crippen molar-refractivity contribution in [2.45, 2.75) is 38.1 Å². The predicted octanol–water partition coefficient (Wildman–Crippen LogP) is 4.69. The van der Waals surface area contributed by atoms with Crippen molar-refractivity contribution in [2.75, 3.05) is 44.2 Å². The number of carbonyl (C=O) groups excluding carboxylic acids is 1. The lowest BCUT2D eigenvalue weighted by atomic mass is 10.1. The van der Waals surface area contributed by atoms with E-state index < -0.39 is 0 Å². The number of benzene rings is 2. The Balaban J connectivity index is 1.15. The van der Waals surface area contributed by atoms with Crippen LogP contribution in [0.4, 0.5) is 10.1 Å². The molecule has 2 fully saturated rings. The van der Waals surface area contributed by atoms with Gasteiger partial charge in [-0.25, -0.2) is 4.39 Å². The fourth-order valence-corrected chi connectivity index (χ4v) is 6.45. The van der Waals surface area contributed by atoms with E-state index in [1.165, 1.54) is 6.07 Å². The summed E-state index contributed by atoms with van der Waals surface area (Å²) in [5.41, 5.74) is 2.79. The van der Waals surface area contributed by atoms with E-state index in [1.807, 2.05) is 58.8 Å². The predicted molar refractivity (Wildman–Crippen MR) is 154 cm³/mol. The molecule has 1 aliphatic carbocycles. The lowest BCUT2D eigenvalue weighted by Gasteiger charge is -2.36. The van der Waals surface area contributed by atoms with Crippen molar-refractivity contribution in [1.29, 1.82) is 0 Å². The number of aryl methyl sites for hydroxylation is 1. The third-order valence-electron chi connectivity index (χ3n) is 8.55. The van der Waals surface area contributed by atoms with Crippen LogP contribution in [-0.4, -0.2) is 59.2 Å². The number of pyridine rings is 1. The molecule has 1 amide bonds. The molecule has 6 rings (SSSR count). The summed E-state index contributed by atoms with van der Waals surface area (Å²) >= 11 is 0. The molecule has 1 N–H and O–H groups in total. The van der Waals surface area contributed by atoms with Gasteiger partial charge >= 0.3 is 0 Å². The fraction of sp³-hybridized carbons (Fsp3) is 0.419. The van der Waals surface area contributed by atoms with Crippen molar-refractivity contribution in [3.8, 4) is 0 Å². The number of amides is 1. The highest BCUT2D eigenvalue weighted by atomic mass is 19.1. The Bertz CT molecular complexity index is 1560. The van der Waals surface area contributed by atoms with Crippen LogP contribution in [0.1, 0.15) is 48.5 Å². The summed E-state index contributed by atoms with van der Waals surface area (Å²) in [6.07, 6.45) is 6.80. The number of hydrogen-bond donors (Lipinski definition) is 1. The standard InChI is InChI=1S/C31H36FN5O2/c1-34-26-13-6-4-11-23(26)28-24(21-37(31(39)29(28)34)22-9-2-3-10-22)30(38)33-15-8-16-35-17-19-36(20-18-35)27-14-7-5-12-25(27)32/h4-7,11-14,21-22H,2-3,8-10,15-20H2,1H3,(H,33,38). The first-order valence-electron chi connectivity index (χ1n) is 14.1. The smallest absolute Gasteiger partial charge is 0.275 e. The highest BCUT2D eigenvalue weighted by Crippen LogP contribution is 2.33. The Kier molecular flexibility index (Phi) is 7.12. The zero-order valence-corrected chi connectivity index (χ0v) is 22.5. The second-order valence-electron chi connectivity index (χ2n) is 10.9. The first-order valence-corrected chi connectivity index (χ1v) is 14.1. The van der Waals surface area contributed by atoms with E-state index >= 15 is 0 Å². The number of fused-ring (bicyclic) bond motifs is 3. The molecule has 0 radical (unpaired) electrons. The Hall–Kier alpha value is -3.65. The molecule has 8 heteroatoms. The molecule has 1 saturated carbocycles. The average molecular weight is 530 g/mol. The number of piperazine rings is 1. The molecule has 3 heterocycles. The quantitative estimate of drug-likeness (QED) is 0.353.